The summed E-state index contributed by atoms with van der Waals surface area (Å²) in [6, 6.07) is 4.24. The van der Waals surface area contributed by atoms with Crippen LogP contribution in [0.25, 0.3) is 0 Å². The summed E-state index contributed by atoms with van der Waals surface area (Å²) in [7, 11) is -2.33. The van der Waals surface area contributed by atoms with E-state index in [4.69, 9.17) is 9.88 Å². The summed E-state index contributed by atoms with van der Waals surface area (Å²) < 4.78 is 27.8. The van der Waals surface area contributed by atoms with Crippen LogP contribution in [0.15, 0.2) is 23.1 Å². The second-order valence-corrected chi connectivity index (χ2v) is 6.87. The van der Waals surface area contributed by atoms with Crippen LogP contribution in [0, 0.1) is 0 Å². The first kappa shape index (κ1) is 14.8. The Balaban J connectivity index is 2.22. The fraction of sp³-hybridized carbons (Fsp3) is 0.462. The zero-order valence-electron chi connectivity index (χ0n) is 11.5. The lowest BCUT2D eigenvalue weighted by atomic mass is 10.1. The van der Waals surface area contributed by atoms with E-state index in [2.05, 4.69) is 5.32 Å². The van der Waals surface area contributed by atoms with Gasteiger partial charge in [-0.1, -0.05) is 0 Å². The third-order valence-electron chi connectivity index (χ3n) is 3.37. The number of methoxy groups -OCH3 is 1. The maximum absolute atomic E-state index is 11.9. The molecule has 0 atom stereocenters. The number of nitrogens with one attached hydrogen (secondary N) is 1. The van der Waals surface area contributed by atoms with E-state index in [1.165, 1.54) is 25.3 Å². The molecule has 1 aromatic rings. The standard InChI is InChI=1S/C13H18N2O4S/c1-13(5-6-13)15-12(16)8-9-7-10(20(14,17)18)3-4-11(9)19-2/h3-4,7H,5-6,8H2,1-2H3,(H,15,16)(H2,14,17,18). The monoisotopic (exact) mass is 298 g/mol. The number of ether oxygens (including phenoxy) is 1. The molecule has 0 aromatic heterocycles. The highest BCUT2D eigenvalue weighted by atomic mass is 32.2. The fourth-order valence-corrected chi connectivity index (χ4v) is 2.50. The number of amides is 1. The lowest BCUT2D eigenvalue weighted by Gasteiger charge is -2.13. The number of nitrogens with two attached hydrogens (primary N) is 1. The number of benzene rings is 1. The van der Waals surface area contributed by atoms with Gasteiger partial charge in [0, 0.05) is 11.1 Å². The average molecular weight is 298 g/mol. The minimum Gasteiger partial charge on any atom is -0.496 e. The Morgan fingerprint density at radius 1 is 1.45 bits per heavy atom. The zero-order valence-corrected chi connectivity index (χ0v) is 12.3. The summed E-state index contributed by atoms with van der Waals surface area (Å²) in [5.41, 5.74) is 0.391. The van der Waals surface area contributed by atoms with Gasteiger partial charge in [0.05, 0.1) is 18.4 Å². The summed E-state index contributed by atoms with van der Waals surface area (Å²) in [6.45, 7) is 1.98. The van der Waals surface area contributed by atoms with Crippen molar-refractivity contribution in [1.82, 2.24) is 5.32 Å². The molecule has 0 spiro atoms. The van der Waals surface area contributed by atoms with Crippen molar-refractivity contribution in [2.24, 2.45) is 5.14 Å². The minimum atomic E-state index is -3.80. The highest BCUT2D eigenvalue weighted by Crippen LogP contribution is 2.34. The van der Waals surface area contributed by atoms with Crippen molar-refractivity contribution in [2.75, 3.05) is 7.11 Å². The van der Waals surface area contributed by atoms with Crippen molar-refractivity contribution >= 4 is 15.9 Å². The first-order valence-electron chi connectivity index (χ1n) is 6.24. The lowest BCUT2D eigenvalue weighted by Crippen LogP contribution is -2.35. The summed E-state index contributed by atoms with van der Waals surface area (Å²) in [4.78, 5) is 11.9. The topological polar surface area (TPSA) is 98.5 Å². The van der Waals surface area contributed by atoms with Crippen molar-refractivity contribution in [1.29, 1.82) is 0 Å². The van der Waals surface area contributed by atoms with Gasteiger partial charge in [-0.15, -0.1) is 0 Å². The largest absolute Gasteiger partial charge is 0.496 e. The first-order chi connectivity index (χ1) is 9.23. The predicted molar refractivity (Wildman–Crippen MR) is 73.9 cm³/mol. The number of primary sulfonamides is 1. The number of hydrogen-bond acceptors (Lipinski definition) is 4. The van der Waals surface area contributed by atoms with E-state index in [9.17, 15) is 13.2 Å². The molecule has 1 aliphatic carbocycles. The van der Waals surface area contributed by atoms with Gasteiger partial charge in [-0.3, -0.25) is 4.79 Å². The molecule has 0 unspecified atom stereocenters. The van der Waals surface area contributed by atoms with Crippen molar-refractivity contribution < 1.29 is 17.9 Å². The maximum Gasteiger partial charge on any atom is 0.238 e. The number of sulfonamides is 1. The first-order valence-corrected chi connectivity index (χ1v) is 7.79. The Bertz CT molecular complexity index is 636. The second-order valence-electron chi connectivity index (χ2n) is 5.30. The molecule has 1 saturated carbocycles. The van der Waals surface area contributed by atoms with Crippen molar-refractivity contribution in [3.05, 3.63) is 23.8 Å². The van der Waals surface area contributed by atoms with Crippen LogP contribution in [0.2, 0.25) is 0 Å². The fourth-order valence-electron chi connectivity index (χ4n) is 1.94. The van der Waals surface area contributed by atoms with E-state index >= 15 is 0 Å². The SMILES string of the molecule is COc1ccc(S(N)(=O)=O)cc1CC(=O)NC1(C)CC1. The van der Waals surface area contributed by atoms with Gasteiger partial charge in [-0.05, 0) is 38.0 Å². The molecule has 3 N–H and O–H groups in total. The Labute approximate surface area is 118 Å². The number of hydrogen-bond donors (Lipinski definition) is 2. The molecule has 0 aliphatic heterocycles. The summed E-state index contributed by atoms with van der Waals surface area (Å²) >= 11 is 0. The molecule has 20 heavy (non-hydrogen) atoms. The second kappa shape index (κ2) is 5.06. The predicted octanol–water partition coefficient (Wildman–Crippen LogP) is 0.554. The van der Waals surface area contributed by atoms with Crippen LogP contribution in [0.4, 0.5) is 0 Å². The van der Waals surface area contributed by atoms with Gasteiger partial charge in [0.2, 0.25) is 15.9 Å². The number of carbonyl (C=O) groups is 1. The summed E-state index contributed by atoms with van der Waals surface area (Å²) in [5.74, 6) is 0.309. The van der Waals surface area contributed by atoms with Crippen LogP contribution >= 0.6 is 0 Å². The van der Waals surface area contributed by atoms with Gasteiger partial charge < -0.3 is 10.1 Å². The normalized spacial score (nSPS) is 16.6. The van der Waals surface area contributed by atoms with Gasteiger partial charge >= 0.3 is 0 Å². The lowest BCUT2D eigenvalue weighted by molar-refractivity contribution is -0.121. The Morgan fingerprint density at radius 3 is 2.60 bits per heavy atom. The quantitative estimate of drug-likeness (QED) is 0.829. The molecule has 0 heterocycles. The maximum atomic E-state index is 11.9. The molecule has 7 heteroatoms. The molecule has 0 saturated heterocycles. The molecule has 1 fully saturated rings. The summed E-state index contributed by atoms with van der Waals surface area (Å²) in [6.07, 6.45) is 1.99. The molecule has 0 radical (unpaired) electrons. The van der Waals surface area contributed by atoms with E-state index in [1.807, 2.05) is 6.92 Å². The molecule has 1 aliphatic rings. The minimum absolute atomic E-state index is 0.0290. The molecule has 6 nitrogen and oxygen atoms in total. The molecule has 2 rings (SSSR count). The van der Waals surface area contributed by atoms with E-state index in [-0.39, 0.29) is 22.8 Å². The Hall–Kier alpha value is -1.60. The highest BCUT2D eigenvalue weighted by molar-refractivity contribution is 7.89. The Kier molecular flexibility index (Phi) is 3.75. The number of rotatable bonds is 5. The van der Waals surface area contributed by atoms with Gasteiger partial charge in [0.1, 0.15) is 5.75 Å². The van der Waals surface area contributed by atoms with Crippen molar-refractivity contribution in [2.45, 2.75) is 36.6 Å². The van der Waals surface area contributed by atoms with Crippen LogP contribution < -0.4 is 15.2 Å². The van der Waals surface area contributed by atoms with Crippen molar-refractivity contribution in [3.63, 3.8) is 0 Å². The Morgan fingerprint density at radius 2 is 2.10 bits per heavy atom. The van der Waals surface area contributed by atoms with Crippen LogP contribution in [-0.2, 0) is 21.2 Å². The third kappa shape index (κ3) is 3.49. The van der Waals surface area contributed by atoms with Crippen LogP contribution in [0.3, 0.4) is 0 Å². The van der Waals surface area contributed by atoms with Crippen molar-refractivity contribution in [3.8, 4) is 5.75 Å². The van der Waals surface area contributed by atoms with Gasteiger partial charge in [0.25, 0.3) is 0 Å². The third-order valence-corrected chi connectivity index (χ3v) is 4.28. The van der Waals surface area contributed by atoms with E-state index in [0.29, 0.717) is 11.3 Å². The highest BCUT2D eigenvalue weighted by Gasteiger charge is 2.38. The van der Waals surface area contributed by atoms with E-state index in [1.54, 1.807) is 0 Å². The molecule has 110 valence electrons. The smallest absolute Gasteiger partial charge is 0.238 e. The van der Waals surface area contributed by atoms with E-state index < -0.39 is 10.0 Å². The molecule has 0 bridgehead atoms. The van der Waals surface area contributed by atoms with E-state index in [0.717, 1.165) is 12.8 Å². The van der Waals surface area contributed by atoms with Crippen LogP contribution in [0.1, 0.15) is 25.3 Å². The average Bonchev–Trinajstić information content (AvgIpc) is 3.05. The number of carbonyl (C=O) groups excluding carboxylic acids is 1. The molecule has 1 amide bonds. The van der Waals surface area contributed by atoms with Gasteiger partial charge in [-0.25, -0.2) is 13.6 Å². The zero-order chi connectivity index (χ0) is 15.0. The molecular weight excluding hydrogens is 280 g/mol. The van der Waals surface area contributed by atoms with Gasteiger partial charge in [-0.2, -0.15) is 0 Å². The van der Waals surface area contributed by atoms with Gasteiger partial charge in [0.15, 0.2) is 0 Å². The summed E-state index contributed by atoms with van der Waals surface area (Å²) in [5, 5.41) is 8.00. The van der Waals surface area contributed by atoms with Crippen LogP contribution in [-0.4, -0.2) is 27.0 Å². The molecule has 1 aromatic carbocycles. The molecular formula is C13H18N2O4S. The van der Waals surface area contributed by atoms with Crippen LogP contribution in [0.5, 0.6) is 5.75 Å².